The van der Waals surface area contributed by atoms with E-state index >= 15 is 0 Å². The van der Waals surface area contributed by atoms with Gasteiger partial charge in [-0.3, -0.25) is 9.42 Å². The van der Waals surface area contributed by atoms with Crippen molar-refractivity contribution in [3.63, 3.8) is 0 Å². The van der Waals surface area contributed by atoms with Crippen molar-refractivity contribution >= 4 is 17.1 Å². The van der Waals surface area contributed by atoms with E-state index in [2.05, 4.69) is 30.9 Å². The number of ether oxygens (including phenoxy) is 2. The number of fused-ring (bicyclic) bond motifs is 1. The monoisotopic (exact) mass is 503 g/mol. The molecule has 3 aromatic heterocycles. The van der Waals surface area contributed by atoms with Gasteiger partial charge in [0.2, 0.25) is 5.95 Å². The van der Waals surface area contributed by atoms with Gasteiger partial charge in [0.15, 0.2) is 5.65 Å². The molecule has 2 aliphatic carbocycles. The highest BCUT2D eigenvalue weighted by Crippen LogP contribution is 2.43. The molecule has 0 aromatic carbocycles. The number of aromatic nitrogens is 6. The van der Waals surface area contributed by atoms with Gasteiger partial charge in [0.25, 0.3) is 0 Å². The lowest BCUT2D eigenvalue weighted by molar-refractivity contribution is -0.351. The zero-order valence-corrected chi connectivity index (χ0v) is 20.4. The number of morpholine rings is 1. The molecule has 1 aliphatic heterocycles. The Morgan fingerprint density at radius 2 is 1.78 bits per heavy atom. The Bertz CT molecular complexity index is 1290. The third-order valence-corrected chi connectivity index (χ3v) is 7.20. The number of anilines is 1. The fraction of sp³-hybridized carbons (Fsp3) is 0.625. The second kappa shape index (κ2) is 8.62. The Morgan fingerprint density at radius 3 is 2.50 bits per heavy atom. The first-order valence-corrected chi connectivity index (χ1v) is 12.3. The van der Waals surface area contributed by atoms with E-state index in [9.17, 15) is 13.2 Å². The van der Waals surface area contributed by atoms with Crippen molar-refractivity contribution in [3.05, 3.63) is 35.0 Å². The van der Waals surface area contributed by atoms with E-state index in [1.165, 1.54) is 0 Å². The van der Waals surface area contributed by atoms with E-state index in [4.69, 9.17) is 14.7 Å². The number of nitrogens with zero attached hydrogens (tertiary/aromatic N) is 7. The van der Waals surface area contributed by atoms with Gasteiger partial charge in [-0.2, -0.15) is 10.1 Å². The van der Waals surface area contributed by atoms with Crippen LogP contribution in [-0.4, -0.2) is 61.4 Å². The van der Waals surface area contributed by atoms with E-state index < -0.39 is 12.5 Å². The van der Waals surface area contributed by atoms with Gasteiger partial charge in [0, 0.05) is 24.2 Å². The average molecular weight is 504 g/mol. The van der Waals surface area contributed by atoms with E-state index in [1.807, 2.05) is 31.6 Å². The Balaban J connectivity index is 1.31. The Morgan fingerprint density at radius 1 is 1.03 bits per heavy atom. The van der Waals surface area contributed by atoms with E-state index in [-0.39, 0.29) is 31.0 Å². The third-order valence-electron chi connectivity index (χ3n) is 7.20. The summed E-state index contributed by atoms with van der Waals surface area (Å²) in [5, 5.41) is 4.50. The molecule has 3 aromatic rings. The van der Waals surface area contributed by atoms with Crippen LogP contribution in [0.1, 0.15) is 73.3 Å². The van der Waals surface area contributed by atoms with Gasteiger partial charge in [-0.25, -0.2) is 15.0 Å². The summed E-state index contributed by atoms with van der Waals surface area (Å²) in [5.74, 6) is 0.286. The molecule has 192 valence electrons. The van der Waals surface area contributed by atoms with Crippen LogP contribution >= 0.6 is 0 Å². The van der Waals surface area contributed by atoms with Crippen LogP contribution in [0, 0.1) is 13.8 Å². The Kier molecular flexibility index (Phi) is 5.63. The third kappa shape index (κ3) is 4.63. The molecule has 0 unspecified atom stereocenters. The van der Waals surface area contributed by atoms with Crippen LogP contribution in [0.3, 0.4) is 0 Å². The lowest BCUT2D eigenvalue weighted by Gasteiger charge is -2.38. The highest BCUT2D eigenvalue weighted by molar-refractivity contribution is 5.75. The van der Waals surface area contributed by atoms with Crippen molar-refractivity contribution in [2.75, 3.05) is 18.0 Å². The molecule has 0 bridgehead atoms. The molecule has 3 fully saturated rings. The summed E-state index contributed by atoms with van der Waals surface area (Å²) in [5.41, 5.74) is 4.14. The second-order valence-corrected chi connectivity index (χ2v) is 10.2. The van der Waals surface area contributed by atoms with Crippen LogP contribution in [0.15, 0.2) is 12.4 Å². The highest BCUT2D eigenvalue weighted by Gasteiger charge is 2.42. The van der Waals surface area contributed by atoms with Gasteiger partial charge >= 0.3 is 6.36 Å². The normalized spacial score (nSPS) is 26.9. The molecule has 6 rings (SSSR count). The van der Waals surface area contributed by atoms with Crippen LogP contribution < -0.4 is 4.90 Å². The summed E-state index contributed by atoms with van der Waals surface area (Å²) in [6.07, 6.45) is 0.879. The SMILES string of the molecule is Cc1nc2nc(N3C[C@@H](c4cnn(C5CC5)c4)O[C@@H](C)C3)nc(C3CC(OC(F)(F)F)C3)c2nc1C. The minimum atomic E-state index is -4.64. The maximum atomic E-state index is 12.7. The first kappa shape index (κ1) is 23.5. The van der Waals surface area contributed by atoms with Gasteiger partial charge in [-0.15, -0.1) is 13.2 Å². The van der Waals surface area contributed by atoms with Crippen LogP contribution in [0.25, 0.3) is 11.2 Å². The van der Waals surface area contributed by atoms with Crippen molar-refractivity contribution in [2.45, 2.75) is 83.1 Å². The van der Waals surface area contributed by atoms with E-state index in [1.54, 1.807) is 0 Å². The molecule has 4 heterocycles. The molecular weight excluding hydrogens is 475 g/mol. The van der Waals surface area contributed by atoms with Crippen molar-refractivity contribution in [2.24, 2.45) is 0 Å². The van der Waals surface area contributed by atoms with E-state index in [0.29, 0.717) is 41.9 Å². The maximum absolute atomic E-state index is 12.7. The van der Waals surface area contributed by atoms with Gasteiger partial charge in [-0.05, 0) is 46.5 Å². The number of hydrogen-bond donors (Lipinski definition) is 0. The summed E-state index contributed by atoms with van der Waals surface area (Å²) in [6.45, 7) is 6.84. The van der Waals surface area contributed by atoms with Crippen LogP contribution in [0.4, 0.5) is 19.1 Å². The fourth-order valence-corrected chi connectivity index (χ4v) is 4.98. The maximum Gasteiger partial charge on any atom is 0.522 e. The van der Waals surface area contributed by atoms with Gasteiger partial charge in [0.05, 0.1) is 48.1 Å². The molecule has 9 nitrogen and oxygen atoms in total. The number of aryl methyl sites for hydroxylation is 2. The van der Waals surface area contributed by atoms with Gasteiger partial charge < -0.3 is 9.64 Å². The number of halogens is 3. The standard InChI is InChI=1S/C24H28F3N7O2/c1-12-9-33(11-19(35-12)16-8-28-34(10-16)17-4-5-17)23-31-20(15-6-18(7-15)36-24(25,26)27)21-22(32-23)30-14(3)13(2)29-21/h8,10,12,15,17-19H,4-7,9,11H2,1-3H3/t12-,15?,18?,19-/m0/s1. The largest absolute Gasteiger partial charge is 0.522 e. The quantitative estimate of drug-likeness (QED) is 0.509. The molecule has 0 radical (unpaired) electrons. The molecule has 36 heavy (non-hydrogen) atoms. The molecule has 2 atom stereocenters. The zero-order chi connectivity index (χ0) is 25.2. The minimum Gasteiger partial charge on any atom is -0.367 e. The highest BCUT2D eigenvalue weighted by atomic mass is 19.4. The van der Waals surface area contributed by atoms with Crippen molar-refractivity contribution in [1.82, 2.24) is 29.7 Å². The number of alkyl halides is 3. The van der Waals surface area contributed by atoms with Crippen LogP contribution in [-0.2, 0) is 9.47 Å². The first-order valence-electron chi connectivity index (χ1n) is 12.3. The summed E-state index contributed by atoms with van der Waals surface area (Å²) >= 11 is 0. The van der Waals surface area contributed by atoms with Crippen LogP contribution in [0.5, 0.6) is 0 Å². The summed E-state index contributed by atoms with van der Waals surface area (Å²) in [7, 11) is 0. The van der Waals surface area contributed by atoms with Crippen molar-refractivity contribution in [1.29, 1.82) is 0 Å². The Hall–Kier alpha value is -2.86. The minimum absolute atomic E-state index is 0.0742. The lowest BCUT2D eigenvalue weighted by Crippen LogP contribution is -2.44. The van der Waals surface area contributed by atoms with Gasteiger partial charge in [0.1, 0.15) is 11.6 Å². The molecule has 2 saturated carbocycles. The molecule has 1 saturated heterocycles. The summed E-state index contributed by atoms with van der Waals surface area (Å²) in [6, 6.07) is 0.486. The lowest BCUT2D eigenvalue weighted by atomic mass is 9.79. The van der Waals surface area contributed by atoms with Crippen molar-refractivity contribution < 1.29 is 22.6 Å². The molecule has 0 spiro atoms. The van der Waals surface area contributed by atoms with E-state index in [0.717, 1.165) is 29.8 Å². The topological polar surface area (TPSA) is 91.1 Å². The predicted octanol–water partition coefficient (Wildman–Crippen LogP) is 4.32. The fourth-order valence-electron chi connectivity index (χ4n) is 4.98. The zero-order valence-electron chi connectivity index (χ0n) is 20.4. The van der Waals surface area contributed by atoms with Crippen molar-refractivity contribution in [3.8, 4) is 0 Å². The van der Waals surface area contributed by atoms with Crippen LogP contribution in [0.2, 0.25) is 0 Å². The summed E-state index contributed by atoms with van der Waals surface area (Å²) in [4.78, 5) is 21.0. The predicted molar refractivity (Wildman–Crippen MR) is 124 cm³/mol. The smallest absolute Gasteiger partial charge is 0.367 e. The number of hydrogen-bond acceptors (Lipinski definition) is 8. The molecule has 3 aliphatic rings. The van der Waals surface area contributed by atoms with Gasteiger partial charge in [-0.1, -0.05) is 0 Å². The second-order valence-electron chi connectivity index (χ2n) is 10.2. The number of rotatable bonds is 5. The summed E-state index contributed by atoms with van der Waals surface area (Å²) < 4.78 is 50.5. The average Bonchev–Trinajstić information content (AvgIpc) is 3.51. The molecule has 12 heteroatoms. The Labute approximate surface area is 206 Å². The molecule has 0 amide bonds. The molecule has 0 N–H and O–H groups in total. The molecular formula is C24H28F3N7O2. The first-order chi connectivity index (χ1) is 17.1.